The summed E-state index contributed by atoms with van der Waals surface area (Å²) in [4.78, 5) is 0. The van der Waals surface area contributed by atoms with Crippen molar-refractivity contribution in [3.8, 4) is 11.3 Å². The molecule has 0 saturated carbocycles. The van der Waals surface area contributed by atoms with Crippen molar-refractivity contribution in [1.29, 1.82) is 0 Å². The summed E-state index contributed by atoms with van der Waals surface area (Å²) in [5, 5.41) is 2.36. The number of hydrogen-bond acceptors (Lipinski definition) is 0. The molecule has 0 unspecified atom stereocenters. The van der Waals surface area contributed by atoms with Gasteiger partial charge in [-0.2, -0.15) is 0 Å². The molecule has 0 amide bonds. The van der Waals surface area contributed by atoms with Crippen molar-refractivity contribution in [1.82, 2.24) is 0 Å². The van der Waals surface area contributed by atoms with E-state index in [1.165, 1.54) is 5.56 Å². The van der Waals surface area contributed by atoms with Crippen LogP contribution in [0.5, 0.6) is 0 Å². The molecule has 0 radical (unpaired) electrons. The quantitative estimate of drug-likeness (QED) is 0.552. The summed E-state index contributed by atoms with van der Waals surface area (Å²) in [6.07, 6.45) is 0. The fraction of sp³-hybridized carbons (Fsp3) is 0.333. The average molecular weight is 193 g/mol. The van der Waals surface area contributed by atoms with Crippen LogP contribution >= 0.6 is 11.6 Å². The molecule has 1 heteroatoms. The van der Waals surface area contributed by atoms with Gasteiger partial charge >= 0.3 is 0 Å². The van der Waals surface area contributed by atoms with Gasteiger partial charge in [-0.05, 0) is 40.6 Å². The van der Waals surface area contributed by atoms with Gasteiger partial charge in [0, 0.05) is 10.9 Å². The number of halogens is 1. The van der Waals surface area contributed by atoms with Crippen molar-refractivity contribution in [2.24, 2.45) is 0 Å². The fourth-order valence-corrected chi connectivity index (χ4v) is 1.22. The van der Waals surface area contributed by atoms with Gasteiger partial charge < -0.3 is 0 Å². The largest absolute Gasteiger partial charge is 0.0573 e. The van der Waals surface area contributed by atoms with Gasteiger partial charge in [0.15, 0.2) is 0 Å². The zero-order chi connectivity index (χ0) is 9.90. The van der Waals surface area contributed by atoms with Crippen molar-refractivity contribution in [3.63, 3.8) is 0 Å². The lowest BCUT2D eigenvalue weighted by Crippen LogP contribution is -2.10. The van der Waals surface area contributed by atoms with Gasteiger partial charge in [-0.1, -0.05) is 32.9 Å². The molecule has 0 aliphatic carbocycles. The average Bonchev–Trinajstić information content (AvgIpc) is 2.04. The SMILES string of the molecule is CC(C)(C)c1ccc(C#CCl)cc1. The standard InChI is InChI=1S/C12H13Cl/c1-12(2,3)11-6-4-10(5-7-11)8-9-13/h4-7H,1-3H3. The lowest BCUT2D eigenvalue weighted by atomic mass is 9.87. The third-order valence-corrected chi connectivity index (χ3v) is 2.04. The van der Waals surface area contributed by atoms with Crippen LogP contribution < -0.4 is 0 Å². The van der Waals surface area contributed by atoms with E-state index < -0.39 is 0 Å². The van der Waals surface area contributed by atoms with E-state index in [2.05, 4.69) is 44.2 Å². The first-order valence-corrected chi connectivity index (χ1v) is 4.64. The highest BCUT2D eigenvalue weighted by molar-refractivity contribution is 6.30. The van der Waals surface area contributed by atoms with E-state index in [0.29, 0.717) is 0 Å². The zero-order valence-electron chi connectivity index (χ0n) is 8.19. The molecule has 68 valence electrons. The van der Waals surface area contributed by atoms with Crippen LogP contribution in [0.25, 0.3) is 0 Å². The normalized spacial score (nSPS) is 10.5. The predicted octanol–water partition coefficient (Wildman–Crippen LogP) is 3.53. The molecule has 0 heterocycles. The molecule has 0 spiro atoms. The Morgan fingerprint density at radius 1 is 1.08 bits per heavy atom. The maximum absolute atomic E-state index is 5.30. The number of rotatable bonds is 0. The molecular weight excluding hydrogens is 180 g/mol. The molecule has 1 aromatic carbocycles. The van der Waals surface area contributed by atoms with Crippen LogP contribution in [0.2, 0.25) is 0 Å². The Hall–Kier alpha value is -0.930. The smallest absolute Gasteiger partial charge is 0.0258 e. The molecule has 0 aromatic heterocycles. The summed E-state index contributed by atoms with van der Waals surface area (Å²) in [5.41, 5.74) is 2.48. The highest BCUT2D eigenvalue weighted by Crippen LogP contribution is 2.21. The van der Waals surface area contributed by atoms with Crippen molar-refractivity contribution >= 4 is 11.6 Å². The molecular formula is C12H13Cl. The minimum atomic E-state index is 0.201. The first-order valence-electron chi connectivity index (χ1n) is 4.26. The summed E-state index contributed by atoms with van der Waals surface area (Å²) in [5.74, 6) is 2.80. The van der Waals surface area contributed by atoms with Crippen LogP contribution in [0.4, 0.5) is 0 Å². The van der Waals surface area contributed by atoms with Crippen LogP contribution in [0.3, 0.4) is 0 Å². The third-order valence-electron chi connectivity index (χ3n) is 1.94. The van der Waals surface area contributed by atoms with Crippen molar-refractivity contribution in [2.45, 2.75) is 26.2 Å². The van der Waals surface area contributed by atoms with Crippen LogP contribution in [0, 0.1) is 11.3 Å². The molecule has 0 aliphatic heterocycles. The lowest BCUT2D eigenvalue weighted by molar-refractivity contribution is 0.590. The Bertz CT molecular complexity index is 330. The van der Waals surface area contributed by atoms with Gasteiger partial charge in [-0.3, -0.25) is 0 Å². The molecule has 1 aromatic rings. The molecule has 0 aliphatic rings. The minimum absolute atomic E-state index is 0.201. The van der Waals surface area contributed by atoms with Gasteiger partial charge in [-0.15, -0.1) is 0 Å². The zero-order valence-corrected chi connectivity index (χ0v) is 8.94. The Kier molecular flexibility index (Phi) is 3.01. The molecule has 0 nitrogen and oxygen atoms in total. The minimum Gasteiger partial charge on any atom is -0.0573 e. The maximum atomic E-state index is 5.30. The summed E-state index contributed by atoms with van der Waals surface area (Å²) in [6, 6.07) is 8.18. The molecule has 0 atom stereocenters. The molecule has 0 fully saturated rings. The highest BCUT2D eigenvalue weighted by Gasteiger charge is 2.12. The predicted molar refractivity (Wildman–Crippen MR) is 57.9 cm³/mol. The van der Waals surface area contributed by atoms with E-state index in [-0.39, 0.29) is 5.41 Å². The second-order valence-electron chi connectivity index (χ2n) is 4.05. The Morgan fingerprint density at radius 2 is 1.62 bits per heavy atom. The van der Waals surface area contributed by atoms with Crippen LogP contribution in [-0.2, 0) is 5.41 Å². The maximum Gasteiger partial charge on any atom is 0.0258 e. The van der Waals surface area contributed by atoms with Crippen molar-refractivity contribution < 1.29 is 0 Å². The Morgan fingerprint density at radius 3 is 2.00 bits per heavy atom. The second kappa shape index (κ2) is 3.85. The van der Waals surface area contributed by atoms with E-state index in [9.17, 15) is 0 Å². The first-order chi connectivity index (χ1) is 6.04. The summed E-state index contributed by atoms with van der Waals surface area (Å²) < 4.78 is 0. The molecule has 0 N–H and O–H groups in total. The molecule has 0 bridgehead atoms. The number of benzene rings is 1. The van der Waals surface area contributed by atoms with E-state index in [0.717, 1.165) is 5.56 Å². The molecule has 13 heavy (non-hydrogen) atoms. The lowest BCUT2D eigenvalue weighted by Gasteiger charge is -2.18. The van der Waals surface area contributed by atoms with E-state index in [1.54, 1.807) is 0 Å². The summed E-state index contributed by atoms with van der Waals surface area (Å²) in [6.45, 7) is 6.57. The Labute approximate surface area is 84.9 Å². The van der Waals surface area contributed by atoms with Crippen LogP contribution in [0.1, 0.15) is 31.9 Å². The van der Waals surface area contributed by atoms with Gasteiger partial charge in [0.25, 0.3) is 0 Å². The van der Waals surface area contributed by atoms with Gasteiger partial charge in [-0.25, -0.2) is 0 Å². The van der Waals surface area contributed by atoms with Crippen LogP contribution in [0.15, 0.2) is 24.3 Å². The van der Waals surface area contributed by atoms with E-state index in [4.69, 9.17) is 11.6 Å². The van der Waals surface area contributed by atoms with Gasteiger partial charge in [0.05, 0.1) is 0 Å². The van der Waals surface area contributed by atoms with Gasteiger partial charge in [0.2, 0.25) is 0 Å². The van der Waals surface area contributed by atoms with Gasteiger partial charge in [0.1, 0.15) is 0 Å². The number of hydrogen-bond donors (Lipinski definition) is 0. The van der Waals surface area contributed by atoms with E-state index >= 15 is 0 Å². The third kappa shape index (κ3) is 2.79. The van der Waals surface area contributed by atoms with Crippen molar-refractivity contribution in [3.05, 3.63) is 35.4 Å². The molecule has 1 rings (SSSR count). The fourth-order valence-electron chi connectivity index (χ4n) is 1.11. The molecule has 0 saturated heterocycles. The second-order valence-corrected chi connectivity index (χ2v) is 4.24. The van der Waals surface area contributed by atoms with E-state index in [1.807, 2.05) is 12.1 Å². The monoisotopic (exact) mass is 192 g/mol. The summed E-state index contributed by atoms with van der Waals surface area (Å²) in [7, 11) is 0. The summed E-state index contributed by atoms with van der Waals surface area (Å²) >= 11 is 5.30. The first kappa shape index (κ1) is 10.2. The highest BCUT2D eigenvalue weighted by atomic mass is 35.5. The van der Waals surface area contributed by atoms with Crippen LogP contribution in [-0.4, -0.2) is 0 Å². The van der Waals surface area contributed by atoms with Crippen molar-refractivity contribution in [2.75, 3.05) is 0 Å². The topological polar surface area (TPSA) is 0 Å². The Balaban J connectivity index is 2.98.